The van der Waals surface area contributed by atoms with Gasteiger partial charge in [0.15, 0.2) is 0 Å². The van der Waals surface area contributed by atoms with Crippen molar-refractivity contribution in [2.45, 2.75) is 0 Å². The molecule has 0 aliphatic carbocycles. The van der Waals surface area contributed by atoms with E-state index in [4.69, 9.17) is 28.9 Å². The number of nitrogens with two attached hydrogens (primary N) is 1. The Morgan fingerprint density at radius 3 is 2.83 bits per heavy atom. The minimum Gasteiger partial charge on any atom is -0.408 e. The van der Waals surface area contributed by atoms with Crippen LogP contribution in [0.15, 0.2) is 6.07 Å². The lowest BCUT2D eigenvalue weighted by molar-refractivity contribution is -0.120. The Morgan fingerprint density at radius 2 is 2.25 bits per heavy atom. The molecule has 0 atom stereocenters. The first-order valence-electron chi connectivity index (χ1n) is 2.87. The summed E-state index contributed by atoms with van der Waals surface area (Å²) in [6.45, 7) is 0.198. The van der Waals surface area contributed by atoms with E-state index >= 15 is 0 Å². The summed E-state index contributed by atoms with van der Waals surface area (Å²) in [4.78, 5) is 13.6. The number of rotatable bonds is 2. The van der Waals surface area contributed by atoms with Crippen molar-refractivity contribution in [2.75, 3.05) is 5.73 Å². The van der Waals surface area contributed by atoms with E-state index in [9.17, 15) is 4.79 Å². The topological polar surface area (TPSA) is 65.2 Å². The number of hydrogen-bond acceptors (Lipinski definition) is 4. The average molecular weight is 207 g/mol. The highest BCUT2D eigenvalue weighted by molar-refractivity contribution is 6.35. The van der Waals surface area contributed by atoms with E-state index in [1.165, 1.54) is 6.07 Å². The van der Waals surface area contributed by atoms with Crippen molar-refractivity contribution >= 4 is 35.4 Å². The minimum absolute atomic E-state index is 0.0755. The molecule has 0 saturated heterocycles. The Bertz CT molecular complexity index is 317. The molecule has 0 amide bonds. The van der Waals surface area contributed by atoms with Crippen LogP contribution in [0.1, 0.15) is 0 Å². The quantitative estimate of drug-likeness (QED) is 0.589. The van der Waals surface area contributed by atoms with Gasteiger partial charge < -0.3 is 10.5 Å². The van der Waals surface area contributed by atoms with Crippen LogP contribution in [0.5, 0.6) is 5.88 Å². The highest BCUT2D eigenvalue weighted by Crippen LogP contribution is 2.29. The summed E-state index contributed by atoms with van der Waals surface area (Å²) in [5.74, 6) is -0.0864. The van der Waals surface area contributed by atoms with E-state index in [2.05, 4.69) is 9.72 Å². The summed E-state index contributed by atoms with van der Waals surface area (Å²) < 4.78 is 4.41. The number of ether oxygens (including phenoxy) is 1. The van der Waals surface area contributed by atoms with Gasteiger partial charge in [-0.05, 0) is 0 Å². The Labute approximate surface area is 78.2 Å². The molecule has 64 valence electrons. The number of halogens is 2. The van der Waals surface area contributed by atoms with E-state index in [0.29, 0.717) is 0 Å². The largest absolute Gasteiger partial charge is 0.408 e. The van der Waals surface area contributed by atoms with Gasteiger partial charge in [-0.1, -0.05) is 23.2 Å². The molecule has 1 rings (SSSR count). The predicted molar refractivity (Wildman–Crippen MR) is 45.4 cm³/mol. The van der Waals surface area contributed by atoms with Crippen molar-refractivity contribution in [3.63, 3.8) is 0 Å². The fraction of sp³-hybridized carbons (Fsp3) is 0. The fourth-order valence-corrected chi connectivity index (χ4v) is 0.953. The number of carbonyl (C=O) groups excluding carboxylic acids is 1. The van der Waals surface area contributed by atoms with Crippen LogP contribution in [0.2, 0.25) is 10.2 Å². The van der Waals surface area contributed by atoms with Crippen LogP contribution in [-0.2, 0) is 4.79 Å². The highest BCUT2D eigenvalue weighted by atomic mass is 35.5. The van der Waals surface area contributed by atoms with E-state index in [-0.39, 0.29) is 28.2 Å². The second kappa shape index (κ2) is 3.60. The molecular formula is C6H4Cl2N2O2. The zero-order valence-corrected chi connectivity index (χ0v) is 7.26. The van der Waals surface area contributed by atoms with Crippen LogP contribution < -0.4 is 10.5 Å². The van der Waals surface area contributed by atoms with Crippen molar-refractivity contribution in [1.82, 2.24) is 4.98 Å². The summed E-state index contributed by atoms with van der Waals surface area (Å²) in [7, 11) is 0. The van der Waals surface area contributed by atoms with Crippen LogP contribution in [0, 0.1) is 0 Å². The lowest BCUT2D eigenvalue weighted by Gasteiger charge is -2.02. The Morgan fingerprint density at radius 1 is 1.58 bits per heavy atom. The molecule has 1 aromatic heterocycles. The lowest BCUT2D eigenvalue weighted by atomic mass is 10.4. The van der Waals surface area contributed by atoms with Crippen LogP contribution in [0.25, 0.3) is 0 Å². The van der Waals surface area contributed by atoms with E-state index in [1.54, 1.807) is 0 Å². The maximum atomic E-state index is 9.94. The maximum Gasteiger partial charge on any atom is 0.299 e. The first kappa shape index (κ1) is 9.09. The minimum atomic E-state index is -0.0864. The normalized spacial score (nSPS) is 9.50. The molecule has 4 nitrogen and oxygen atoms in total. The number of nitrogens with zero attached hydrogens (tertiary/aromatic N) is 1. The molecule has 0 spiro atoms. The van der Waals surface area contributed by atoms with Gasteiger partial charge in [-0.3, -0.25) is 4.79 Å². The Hall–Kier alpha value is -1.00. The first-order valence-corrected chi connectivity index (χ1v) is 3.62. The third-order valence-electron chi connectivity index (χ3n) is 1.08. The predicted octanol–water partition coefficient (Wildman–Crippen LogP) is 1.51. The monoisotopic (exact) mass is 206 g/mol. The van der Waals surface area contributed by atoms with Crippen LogP contribution in [0.4, 0.5) is 5.69 Å². The molecule has 0 unspecified atom stereocenters. The molecule has 0 bridgehead atoms. The summed E-state index contributed by atoms with van der Waals surface area (Å²) in [5, 5.41) is 0.195. The molecule has 0 radical (unpaired) electrons. The molecule has 12 heavy (non-hydrogen) atoms. The number of anilines is 1. The van der Waals surface area contributed by atoms with Crippen LogP contribution >= 0.6 is 23.2 Å². The summed E-state index contributed by atoms with van der Waals surface area (Å²) in [5.41, 5.74) is 5.62. The van der Waals surface area contributed by atoms with E-state index in [1.807, 2.05) is 0 Å². The molecule has 1 heterocycles. The lowest BCUT2D eigenvalue weighted by Crippen LogP contribution is -1.96. The van der Waals surface area contributed by atoms with Gasteiger partial charge in [-0.15, -0.1) is 0 Å². The van der Waals surface area contributed by atoms with E-state index in [0.717, 1.165) is 0 Å². The zero-order valence-electron chi connectivity index (χ0n) is 5.75. The molecule has 0 fully saturated rings. The molecule has 0 aromatic carbocycles. The molecular weight excluding hydrogens is 203 g/mol. The second-order valence-electron chi connectivity index (χ2n) is 1.87. The van der Waals surface area contributed by atoms with Crippen LogP contribution in [0.3, 0.4) is 0 Å². The van der Waals surface area contributed by atoms with Crippen molar-refractivity contribution < 1.29 is 9.53 Å². The smallest absolute Gasteiger partial charge is 0.299 e. The molecule has 0 aliphatic heterocycles. The molecule has 1 aromatic rings. The van der Waals surface area contributed by atoms with Gasteiger partial charge in [-0.2, -0.15) is 4.98 Å². The Kier molecular flexibility index (Phi) is 2.73. The second-order valence-corrected chi connectivity index (χ2v) is 2.63. The van der Waals surface area contributed by atoms with Gasteiger partial charge in [0.05, 0.1) is 5.69 Å². The average Bonchev–Trinajstić information content (AvgIpc) is 2.00. The molecule has 6 heteroatoms. The number of hydrogen-bond donors (Lipinski definition) is 1. The standard InChI is InChI=1S/C6H4Cl2N2O2/c7-4-1-3(9)5(8)6(10-4)12-2-11/h1-2H,(H2,9,10). The SMILES string of the molecule is Nc1cc(Cl)nc(OC=O)c1Cl. The number of aromatic nitrogens is 1. The van der Waals surface area contributed by atoms with Gasteiger partial charge in [0.25, 0.3) is 6.47 Å². The van der Waals surface area contributed by atoms with Crippen molar-refractivity contribution in [2.24, 2.45) is 0 Å². The van der Waals surface area contributed by atoms with Crippen molar-refractivity contribution in [3.05, 3.63) is 16.2 Å². The summed E-state index contributed by atoms with van der Waals surface area (Å²) in [6.07, 6.45) is 0. The summed E-state index contributed by atoms with van der Waals surface area (Å²) >= 11 is 11.1. The fourth-order valence-electron chi connectivity index (χ4n) is 0.617. The maximum absolute atomic E-state index is 9.94. The van der Waals surface area contributed by atoms with Gasteiger partial charge in [0.1, 0.15) is 10.2 Å². The number of nitrogen functional groups attached to an aromatic ring is 1. The van der Waals surface area contributed by atoms with Gasteiger partial charge in [0, 0.05) is 6.07 Å². The molecule has 2 N–H and O–H groups in total. The van der Waals surface area contributed by atoms with Crippen LogP contribution in [-0.4, -0.2) is 11.5 Å². The third-order valence-corrected chi connectivity index (χ3v) is 1.66. The number of pyridine rings is 1. The van der Waals surface area contributed by atoms with E-state index < -0.39 is 0 Å². The van der Waals surface area contributed by atoms with Gasteiger partial charge in [-0.25, -0.2) is 0 Å². The third kappa shape index (κ3) is 1.78. The summed E-state index contributed by atoms with van der Waals surface area (Å²) in [6, 6.07) is 1.36. The molecule has 0 saturated carbocycles. The van der Waals surface area contributed by atoms with Crippen molar-refractivity contribution in [1.29, 1.82) is 0 Å². The van der Waals surface area contributed by atoms with Crippen molar-refractivity contribution in [3.8, 4) is 5.88 Å². The number of carbonyl (C=O) groups is 1. The first-order chi connectivity index (χ1) is 5.65. The molecule has 0 aliphatic rings. The highest BCUT2D eigenvalue weighted by Gasteiger charge is 2.08. The van der Waals surface area contributed by atoms with Gasteiger partial charge >= 0.3 is 0 Å². The zero-order chi connectivity index (χ0) is 9.14. The van der Waals surface area contributed by atoms with Gasteiger partial charge in [0.2, 0.25) is 5.88 Å². The Balaban J connectivity index is 3.17.